The van der Waals surface area contributed by atoms with Gasteiger partial charge in [0.2, 0.25) is 5.91 Å². The van der Waals surface area contributed by atoms with E-state index >= 15 is 0 Å². The van der Waals surface area contributed by atoms with Crippen LogP contribution in [-0.2, 0) is 14.8 Å². The Bertz CT molecular complexity index is 910. The van der Waals surface area contributed by atoms with Crippen LogP contribution in [0, 0.1) is 0 Å². The van der Waals surface area contributed by atoms with Gasteiger partial charge in [0.1, 0.15) is 12.3 Å². The van der Waals surface area contributed by atoms with Crippen LogP contribution in [0.15, 0.2) is 53.4 Å². The standard InChI is InChI=1S/C19H21ClN2O4S/c1-26-17-7-9-18(10-8-17)27(24,25)22(16-6-4-5-15(20)13-16)14-19(23)21-11-2-3-12-21/h4-10,13H,2-3,11-12,14H2,1H3. The van der Waals surface area contributed by atoms with Crippen molar-refractivity contribution in [1.29, 1.82) is 0 Å². The molecule has 1 aliphatic heterocycles. The first-order valence-corrected chi connectivity index (χ1v) is 10.4. The van der Waals surface area contributed by atoms with Gasteiger partial charge in [-0.1, -0.05) is 17.7 Å². The molecule has 2 aromatic rings. The Morgan fingerprint density at radius 2 is 1.81 bits per heavy atom. The minimum absolute atomic E-state index is 0.0810. The van der Waals surface area contributed by atoms with Crippen LogP contribution in [0.1, 0.15) is 12.8 Å². The van der Waals surface area contributed by atoms with Gasteiger partial charge in [-0.2, -0.15) is 0 Å². The number of nitrogens with zero attached hydrogens (tertiary/aromatic N) is 2. The van der Waals surface area contributed by atoms with Gasteiger partial charge in [0, 0.05) is 18.1 Å². The number of hydrogen-bond donors (Lipinski definition) is 0. The highest BCUT2D eigenvalue weighted by Crippen LogP contribution is 2.27. The maximum atomic E-state index is 13.3. The average molecular weight is 409 g/mol. The first-order valence-electron chi connectivity index (χ1n) is 8.62. The van der Waals surface area contributed by atoms with Crippen molar-refractivity contribution >= 4 is 33.2 Å². The molecule has 0 saturated carbocycles. The van der Waals surface area contributed by atoms with Crippen molar-refractivity contribution in [2.75, 3.05) is 31.0 Å². The van der Waals surface area contributed by atoms with Crippen molar-refractivity contribution in [2.24, 2.45) is 0 Å². The van der Waals surface area contributed by atoms with Crippen molar-refractivity contribution in [3.05, 3.63) is 53.6 Å². The van der Waals surface area contributed by atoms with E-state index in [-0.39, 0.29) is 17.3 Å². The first kappa shape index (κ1) is 19.5. The largest absolute Gasteiger partial charge is 0.497 e. The summed E-state index contributed by atoms with van der Waals surface area (Å²) in [5.74, 6) is 0.334. The van der Waals surface area contributed by atoms with Gasteiger partial charge in [0.15, 0.2) is 0 Å². The van der Waals surface area contributed by atoms with E-state index in [1.54, 1.807) is 41.3 Å². The number of sulfonamides is 1. The molecule has 27 heavy (non-hydrogen) atoms. The number of carbonyl (C=O) groups excluding carboxylic acids is 1. The number of ether oxygens (including phenoxy) is 1. The van der Waals surface area contributed by atoms with Gasteiger partial charge in [0.25, 0.3) is 10.0 Å². The summed E-state index contributed by atoms with van der Waals surface area (Å²) in [6.45, 7) is 1.05. The lowest BCUT2D eigenvalue weighted by atomic mass is 10.3. The zero-order valence-corrected chi connectivity index (χ0v) is 16.5. The predicted octanol–water partition coefficient (Wildman–Crippen LogP) is 3.17. The van der Waals surface area contributed by atoms with Crippen molar-refractivity contribution in [1.82, 2.24) is 4.90 Å². The molecule has 0 aliphatic carbocycles. The van der Waals surface area contributed by atoms with Gasteiger partial charge in [-0.25, -0.2) is 8.42 Å². The van der Waals surface area contributed by atoms with Crippen LogP contribution < -0.4 is 9.04 Å². The molecule has 1 aliphatic rings. The van der Waals surface area contributed by atoms with E-state index in [9.17, 15) is 13.2 Å². The summed E-state index contributed by atoms with van der Waals surface area (Å²) < 4.78 is 32.7. The summed E-state index contributed by atoms with van der Waals surface area (Å²) in [6, 6.07) is 12.6. The highest BCUT2D eigenvalue weighted by molar-refractivity contribution is 7.92. The van der Waals surface area contributed by atoms with E-state index < -0.39 is 10.0 Å². The second-order valence-electron chi connectivity index (χ2n) is 6.25. The number of amides is 1. The van der Waals surface area contributed by atoms with Gasteiger partial charge in [-0.15, -0.1) is 0 Å². The molecule has 0 atom stereocenters. The molecule has 1 heterocycles. The normalized spacial score (nSPS) is 14.2. The number of benzene rings is 2. The Hall–Kier alpha value is -2.25. The lowest BCUT2D eigenvalue weighted by Crippen LogP contribution is -2.42. The maximum Gasteiger partial charge on any atom is 0.264 e. The van der Waals surface area contributed by atoms with Crippen LogP contribution in [0.4, 0.5) is 5.69 Å². The molecule has 1 amide bonds. The molecule has 1 fully saturated rings. The molecule has 0 radical (unpaired) electrons. The molecular weight excluding hydrogens is 388 g/mol. The summed E-state index contributed by atoms with van der Waals surface area (Å²) in [5, 5.41) is 0.399. The second-order valence-corrected chi connectivity index (χ2v) is 8.55. The summed E-state index contributed by atoms with van der Waals surface area (Å²) >= 11 is 6.05. The Balaban J connectivity index is 1.97. The number of anilines is 1. The van der Waals surface area contributed by atoms with E-state index in [0.717, 1.165) is 17.1 Å². The molecule has 6 nitrogen and oxygen atoms in total. The minimum atomic E-state index is -3.95. The fourth-order valence-corrected chi connectivity index (χ4v) is 4.60. The van der Waals surface area contributed by atoms with Crippen LogP contribution in [-0.4, -0.2) is 46.0 Å². The smallest absolute Gasteiger partial charge is 0.264 e. The van der Waals surface area contributed by atoms with Crippen molar-refractivity contribution < 1.29 is 17.9 Å². The predicted molar refractivity (Wildman–Crippen MR) is 105 cm³/mol. The summed E-state index contributed by atoms with van der Waals surface area (Å²) in [4.78, 5) is 14.4. The second kappa shape index (κ2) is 8.19. The Morgan fingerprint density at radius 3 is 2.41 bits per heavy atom. The van der Waals surface area contributed by atoms with Gasteiger partial charge in [-0.3, -0.25) is 9.10 Å². The monoisotopic (exact) mass is 408 g/mol. The zero-order valence-electron chi connectivity index (χ0n) is 15.0. The fourth-order valence-electron chi connectivity index (χ4n) is 3.01. The molecule has 0 N–H and O–H groups in total. The highest BCUT2D eigenvalue weighted by Gasteiger charge is 2.30. The highest BCUT2D eigenvalue weighted by atomic mass is 35.5. The maximum absolute atomic E-state index is 13.3. The molecule has 144 valence electrons. The van der Waals surface area contributed by atoms with Crippen molar-refractivity contribution in [3.8, 4) is 5.75 Å². The van der Waals surface area contributed by atoms with Crippen molar-refractivity contribution in [2.45, 2.75) is 17.7 Å². The Labute approximate surface area is 164 Å². The SMILES string of the molecule is COc1ccc(S(=O)(=O)N(CC(=O)N2CCCC2)c2cccc(Cl)c2)cc1. The summed E-state index contributed by atoms with van der Waals surface area (Å²) in [5.41, 5.74) is 0.353. The molecule has 0 aromatic heterocycles. The molecule has 0 bridgehead atoms. The van der Waals surface area contributed by atoms with E-state index in [2.05, 4.69) is 0 Å². The number of likely N-dealkylation sites (tertiary alicyclic amines) is 1. The fraction of sp³-hybridized carbons (Fsp3) is 0.316. The van der Waals surface area contributed by atoms with Crippen LogP contribution in [0.5, 0.6) is 5.75 Å². The lowest BCUT2D eigenvalue weighted by Gasteiger charge is -2.26. The molecule has 0 spiro atoms. The molecule has 2 aromatic carbocycles. The topological polar surface area (TPSA) is 66.9 Å². The number of halogens is 1. The first-order chi connectivity index (χ1) is 12.9. The van der Waals surface area contributed by atoms with Crippen LogP contribution in [0.25, 0.3) is 0 Å². The Kier molecular flexibility index (Phi) is 5.92. The van der Waals surface area contributed by atoms with Crippen LogP contribution in [0.3, 0.4) is 0 Å². The quantitative estimate of drug-likeness (QED) is 0.736. The Morgan fingerprint density at radius 1 is 1.15 bits per heavy atom. The summed E-state index contributed by atoms with van der Waals surface area (Å²) in [7, 11) is -2.44. The minimum Gasteiger partial charge on any atom is -0.497 e. The van der Waals surface area contributed by atoms with Gasteiger partial charge in [0.05, 0.1) is 17.7 Å². The lowest BCUT2D eigenvalue weighted by molar-refractivity contribution is -0.128. The van der Waals surface area contributed by atoms with Gasteiger partial charge >= 0.3 is 0 Å². The third-order valence-electron chi connectivity index (χ3n) is 4.48. The van der Waals surface area contributed by atoms with Crippen LogP contribution >= 0.6 is 11.6 Å². The third kappa shape index (κ3) is 4.36. The number of rotatable bonds is 6. The van der Waals surface area contributed by atoms with Gasteiger partial charge < -0.3 is 9.64 Å². The van der Waals surface area contributed by atoms with Gasteiger partial charge in [-0.05, 0) is 55.3 Å². The molecular formula is C19H21ClN2O4S. The van der Waals surface area contributed by atoms with E-state index in [0.29, 0.717) is 29.5 Å². The molecule has 1 saturated heterocycles. The van der Waals surface area contributed by atoms with E-state index in [1.165, 1.54) is 19.2 Å². The van der Waals surface area contributed by atoms with E-state index in [4.69, 9.17) is 16.3 Å². The van der Waals surface area contributed by atoms with Crippen molar-refractivity contribution in [3.63, 3.8) is 0 Å². The summed E-state index contributed by atoms with van der Waals surface area (Å²) in [6.07, 6.45) is 1.88. The molecule has 8 heteroatoms. The average Bonchev–Trinajstić information content (AvgIpc) is 3.20. The van der Waals surface area contributed by atoms with Crippen LogP contribution in [0.2, 0.25) is 5.02 Å². The van der Waals surface area contributed by atoms with E-state index in [1.807, 2.05) is 0 Å². The number of carbonyl (C=O) groups is 1. The molecule has 0 unspecified atom stereocenters. The zero-order chi connectivity index (χ0) is 19.4. The number of hydrogen-bond acceptors (Lipinski definition) is 4. The number of methoxy groups -OCH3 is 1. The molecule has 3 rings (SSSR count). The third-order valence-corrected chi connectivity index (χ3v) is 6.50.